The van der Waals surface area contributed by atoms with E-state index in [1.807, 2.05) is 87.5 Å². The molecule has 0 aliphatic carbocycles. The Morgan fingerprint density at radius 1 is 0.789 bits per heavy atom. The molecule has 0 bridgehead atoms. The maximum Gasteiger partial charge on any atom is 0.243 e. The molecule has 4 nitrogen and oxygen atoms in total. The molecule has 4 aromatic rings. The second-order valence-corrected chi connectivity index (χ2v) is 11.0. The molecule has 38 heavy (non-hydrogen) atoms. The van der Waals surface area contributed by atoms with Gasteiger partial charge in [-0.3, -0.25) is 9.59 Å². The summed E-state index contributed by atoms with van der Waals surface area (Å²) in [5.74, 6) is -0.153. The highest BCUT2D eigenvalue weighted by atomic mass is 16.2. The van der Waals surface area contributed by atoms with Crippen LogP contribution in [0.25, 0.3) is 10.8 Å². The van der Waals surface area contributed by atoms with E-state index in [1.54, 1.807) is 4.90 Å². The van der Waals surface area contributed by atoms with E-state index >= 15 is 0 Å². The second kappa shape index (κ2) is 12.1. The van der Waals surface area contributed by atoms with Gasteiger partial charge < -0.3 is 10.2 Å². The van der Waals surface area contributed by atoms with Crippen LogP contribution in [-0.4, -0.2) is 28.3 Å². The first-order chi connectivity index (χ1) is 18.2. The molecule has 4 rings (SSSR count). The average Bonchev–Trinajstić information content (AvgIpc) is 2.90. The SMILES string of the molecule is Cc1ccccc1CN(C(=O)CCc1cccc2ccccc12)[C@H](Cc1ccccc1)C(=O)NC(C)(C)C. The normalized spacial score (nSPS) is 12.2. The zero-order valence-electron chi connectivity index (χ0n) is 22.9. The van der Waals surface area contributed by atoms with E-state index in [4.69, 9.17) is 0 Å². The zero-order valence-corrected chi connectivity index (χ0v) is 22.9. The number of aryl methyl sites for hydroxylation is 2. The first kappa shape index (κ1) is 27.1. The molecular weight excluding hydrogens is 468 g/mol. The van der Waals surface area contributed by atoms with Crippen molar-refractivity contribution in [2.45, 2.75) is 65.1 Å². The summed E-state index contributed by atoms with van der Waals surface area (Å²) < 4.78 is 0. The van der Waals surface area contributed by atoms with Gasteiger partial charge in [0.25, 0.3) is 0 Å². The van der Waals surface area contributed by atoms with E-state index < -0.39 is 11.6 Å². The molecule has 0 spiro atoms. The van der Waals surface area contributed by atoms with Crippen molar-refractivity contribution < 1.29 is 9.59 Å². The predicted molar refractivity (Wildman–Crippen MR) is 156 cm³/mol. The Labute approximate surface area is 226 Å². The van der Waals surface area contributed by atoms with Gasteiger partial charge in [0.2, 0.25) is 11.8 Å². The largest absolute Gasteiger partial charge is 0.350 e. The lowest BCUT2D eigenvalue weighted by molar-refractivity contribution is -0.141. The summed E-state index contributed by atoms with van der Waals surface area (Å²) in [6, 6.07) is 31.9. The Kier molecular flexibility index (Phi) is 8.62. The van der Waals surface area contributed by atoms with Crippen LogP contribution in [0.1, 0.15) is 49.4 Å². The first-order valence-corrected chi connectivity index (χ1v) is 13.4. The number of nitrogens with zero attached hydrogens (tertiary/aromatic N) is 1. The molecule has 0 aromatic heterocycles. The van der Waals surface area contributed by atoms with Crippen LogP contribution in [-0.2, 0) is 29.0 Å². The summed E-state index contributed by atoms with van der Waals surface area (Å²) in [4.78, 5) is 29.5. The van der Waals surface area contributed by atoms with E-state index in [9.17, 15) is 9.59 Å². The van der Waals surface area contributed by atoms with Gasteiger partial charge in [-0.15, -0.1) is 0 Å². The third-order valence-electron chi connectivity index (χ3n) is 6.86. The summed E-state index contributed by atoms with van der Waals surface area (Å²) in [6.45, 7) is 8.35. The highest BCUT2D eigenvalue weighted by Crippen LogP contribution is 2.22. The third kappa shape index (κ3) is 7.10. The van der Waals surface area contributed by atoms with Crippen LogP contribution in [0, 0.1) is 6.92 Å². The lowest BCUT2D eigenvalue weighted by atomic mass is 9.98. The molecule has 0 aliphatic rings. The van der Waals surface area contributed by atoms with Crippen LogP contribution in [0.3, 0.4) is 0 Å². The molecule has 0 saturated heterocycles. The van der Waals surface area contributed by atoms with Crippen molar-refractivity contribution in [1.29, 1.82) is 0 Å². The van der Waals surface area contributed by atoms with Crippen molar-refractivity contribution in [3.05, 3.63) is 119 Å². The monoisotopic (exact) mass is 506 g/mol. The minimum absolute atomic E-state index is 0.0221. The number of rotatable bonds is 9. The van der Waals surface area contributed by atoms with Gasteiger partial charge in [-0.2, -0.15) is 0 Å². The van der Waals surface area contributed by atoms with Crippen LogP contribution in [0.15, 0.2) is 97.1 Å². The predicted octanol–water partition coefficient (Wildman–Crippen LogP) is 6.64. The first-order valence-electron chi connectivity index (χ1n) is 13.4. The number of hydrogen-bond acceptors (Lipinski definition) is 2. The molecule has 0 aliphatic heterocycles. The lowest BCUT2D eigenvalue weighted by Crippen LogP contribution is -2.54. The molecule has 4 heteroatoms. The molecule has 1 atom stereocenters. The van der Waals surface area contributed by atoms with Crippen LogP contribution < -0.4 is 5.32 Å². The van der Waals surface area contributed by atoms with Gasteiger partial charge >= 0.3 is 0 Å². The Balaban J connectivity index is 1.67. The Morgan fingerprint density at radius 2 is 1.42 bits per heavy atom. The second-order valence-electron chi connectivity index (χ2n) is 11.0. The van der Waals surface area contributed by atoms with Gasteiger partial charge in [-0.1, -0.05) is 97.1 Å². The Morgan fingerprint density at radius 3 is 2.16 bits per heavy atom. The minimum Gasteiger partial charge on any atom is -0.350 e. The fourth-order valence-electron chi connectivity index (χ4n) is 4.87. The third-order valence-corrected chi connectivity index (χ3v) is 6.86. The number of hydrogen-bond donors (Lipinski definition) is 1. The standard InChI is InChI=1S/C34H38N2O2/c1-25-13-8-9-17-29(25)24-36(31(33(38)35-34(2,3)4)23-26-14-6-5-7-15-26)32(37)22-21-28-19-12-18-27-16-10-11-20-30(27)28/h5-20,31H,21-24H2,1-4H3,(H,35,38)/t31-/m1/s1. The van der Waals surface area contributed by atoms with Crippen molar-refractivity contribution in [2.24, 2.45) is 0 Å². The summed E-state index contributed by atoms with van der Waals surface area (Å²) in [5.41, 5.74) is 3.91. The Hall–Kier alpha value is -3.92. The number of carbonyl (C=O) groups is 2. The molecule has 0 radical (unpaired) electrons. The van der Waals surface area contributed by atoms with Crippen molar-refractivity contribution in [2.75, 3.05) is 0 Å². The molecule has 0 heterocycles. The topological polar surface area (TPSA) is 49.4 Å². The van der Waals surface area contributed by atoms with E-state index in [0.717, 1.165) is 22.3 Å². The van der Waals surface area contributed by atoms with Gasteiger partial charge in [0.15, 0.2) is 0 Å². The quantitative estimate of drug-likeness (QED) is 0.277. The molecule has 0 saturated carbocycles. The van der Waals surface area contributed by atoms with Crippen molar-refractivity contribution >= 4 is 22.6 Å². The van der Waals surface area contributed by atoms with Crippen molar-refractivity contribution in [3.63, 3.8) is 0 Å². The zero-order chi connectivity index (χ0) is 27.1. The van der Waals surface area contributed by atoms with E-state index in [1.165, 1.54) is 10.8 Å². The number of carbonyl (C=O) groups excluding carboxylic acids is 2. The lowest BCUT2D eigenvalue weighted by Gasteiger charge is -2.34. The maximum atomic E-state index is 14.0. The number of fused-ring (bicyclic) bond motifs is 1. The van der Waals surface area contributed by atoms with Crippen LogP contribution in [0.2, 0.25) is 0 Å². The van der Waals surface area contributed by atoms with Gasteiger partial charge in [0.05, 0.1) is 0 Å². The van der Waals surface area contributed by atoms with Gasteiger partial charge in [-0.25, -0.2) is 0 Å². The highest BCUT2D eigenvalue weighted by molar-refractivity contribution is 5.89. The van der Waals surface area contributed by atoms with Gasteiger partial charge in [0.1, 0.15) is 6.04 Å². The fourth-order valence-corrected chi connectivity index (χ4v) is 4.87. The summed E-state index contributed by atoms with van der Waals surface area (Å²) in [7, 11) is 0. The van der Waals surface area contributed by atoms with Crippen LogP contribution >= 0.6 is 0 Å². The summed E-state index contributed by atoms with van der Waals surface area (Å²) in [6.07, 6.45) is 1.39. The van der Waals surface area contributed by atoms with Crippen molar-refractivity contribution in [1.82, 2.24) is 10.2 Å². The van der Waals surface area contributed by atoms with Crippen LogP contribution in [0.4, 0.5) is 0 Å². The van der Waals surface area contributed by atoms with E-state index in [-0.39, 0.29) is 11.8 Å². The minimum atomic E-state index is -0.628. The highest BCUT2D eigenvalue weighted by Gasteiger charge is 2.32. The smallest absolute Gasteiger partial charge is 0.243 e. The fraction of sp³-hybridized carbons (Fsp3) is 0.294. The van der Waals surface area contributed by atoms with Crippen LogP contribution in [0.5, 0.6) is 0 Å². The van der Waals surface area contributed by atoms with E-state index in [2.05, 4.69) is 42.6 Å². The average molecular weight is 507 g/mol. The summed E-state index contributed by atoms with van der Waals surface area (Å²) >= 11 is 0. The number of nitrogens with one attached hydrogen (secondary N) is 1. The molecule has 196 valence electrons. The maximum absolute atomic E-state index is 14.0. The van der Waals surface area contributed by atoms with Gasteiger partial charge in [0, 0.05) is 24.9 Å². The molecule has 0 fully saturated rings. The molecule has 0 unspecified atom stereocenters. The molecule has 2 amide bonds. The molecule has 1 N–H and O–H groups in total. The van der Waals surface area contributed by atoms with Gasteiger partial charge in [-0.05, 0) is 67.1 Å². The number of amides is 2. The molecular formula is C34H38N2O2. The summed E-state index contributed by atoms with van der Waals surface area (Å²) in [5, 5.41) is 5.47. The number of benzene rings is 4. The Bertz CT molecular complexity index is 1380. The molecule has 4 aromatic carbocycles. The van der Waals surface area contributed by atoms with Crippen molar-refractivity contribution in [3.8, 4) is 0 Å². The van der Waals surface area contributed by atoms with E-state index in [0.29, 0.717) is 25.8 Å².